The van der Waals surface area contributed by atoms with E-state index in [0.717, 1.165) is 36.1 Å². The largest absolute Gasteiger partial charge is 0.306 e. The van der Waals surface area contributed by atoms with E-state index in [0.29, 0.717) is 0 Å². The molecule has 24 heavy (non-hydrogen) atoms. The van der Waals surface area contributed by atoms with E-state index < -0.39 is 0 Å². The van der Waals surface area contributed by atoms with Gasteiger partial charge >= 0.3 is 0 Å². The van der Waals surface area contributed by atoms with Crippen molar-refractivity contribution in [3.63, 3.8) is 0 Å². The first kappa shape index (κ1) is 16.8. The highest BCUT2D eigenvalue weighted by molar-refractivity contribution is 7.98. The molecule has 3 aromatic rings. The molecule has 0 aliphatic rings. The van der Waals surface area contributed by atoms with Crippen LogP contribution in [0, 0.1) is 6.92 Å². The van der Waals surface area contributed by atoms with Gasteiger partial charge in [0.05, 0.1) is 0 Å². The molecule has 0 fully saturated rings. The average Bonchev–Trinajstić information content (AvgIpc) is 3.02. The average molecular weight is 337 g/mol. The molecule has 0 spiro atoms. The molecule has 4 heteroatoms. The Hall–Kier alpha value is -2.07. The van der Waals surface area contributed by atoms with Crippen LogP contribution in [0.25, 0.3) is 0 Å². The first-order valence-corrected chi connectivity index (χ1v) is 9.39. The summed E-state index contributed by atoms with van der Waals surface area (Å²) in [5.41, 5.74) is 4.04. The molecule has 0 atom stereocenters. The van der Waals surface area contributed by atoms with Crippen LogP contribution in [0.1, 0.15) is 29.4 Å². The van der Waals surface area contributed by atoms with Gasteiger partial charge in [-0.25, -0.2) is 0 Å². The topological polar surface area (TPSA) is 30.7 Å². The van der Waals surface area contributed by atoms with E-state index in [4.69, 9.17) is 0 Å². The maximum absolute atomic E-state index is 4.43. The third-order valence-corrected chi connectivity index (χ3v) is 5.22. The summed E-state index contributed by atoms with van der Waals surface area (Å²) in [7, 11) is 0. The number of aryl methyl sites for hydroxylation is 3. The molecule has 3 rings (SSSR count). The zero-order chi connectivity index (χ0) is 16.8. The highest BCUT2D eigenvalue weighted by Gasteiger charge is 2.12. The lowest BCUT2D eigenvalue weighted by molar-refractivity contribution is 0.638. The fourth-order valence-electron chi connectivity index (χ4n) is 2.74. The zero-order valence-corrected chi connectivity index (χ0v) is 15.1. The summed E-state index contributed by atoms with van der Waals surface area (Å²) in [6.07, 6.45) is 1.93. The van der Waals surface area contributed by atoms with Crippen LogP contribution in [0.4, 0.5) is 0 Å². The molecule has 0 radical (unpaired) electrons. The van der Waals surface area contributed by atoms with Gasteiger partial charge in [0, 0.05) is 18.7 Å². The van der Waals surface area contributed by atoms with Crippen molar-refractivity contribution in [3.8, 4) is 0 Å². The SMILES string of the molecule is CCn1c(CCc2ccccc2)nnc1SCc1ccccc1C. The van der Waals surface area contributed by atoms with Gasteiger partial charge in [0.25, 0.3) is 0 Å². The van der Waals surface area contributed by atoms with Gasteiger partial charge in [0.15, 0.2) is 5.16 Å². The molecule has 124 valence electrons. The first-order valence-electron chi connectivity index (χ1n) is 8.41. The second-order valence-electron chi connectivity index (χ2n) is 5.84. The van der Waals surface area contributed by atoms with Crippen LogP contribution < -0.4 is 0 Å². The Balaban J connectivity index is 1.67. The maximum atomic E-state index is 4.43. The van der Waals surface area contributed by atoms with E-state index in [1.807, 2.05) is 0 Å². The van der Waals surface area contributed by atoms with Crippen LogP contribution in [-0.4, -0.2) is 14.8 Å². The number of nitrogens with zero attached hydrogens (tertiary/aromatic N) is 3. The summed E-state index contributed by atoms with van der Waals surface area (Å²) in [6, 6.07) is 19.1. The van der Waals surface area contributed by atoms with Gasteiger partial charge in [-0.3, -0.25) is 0 Å². The van der Waals surface area contributed by atoms with Crippen molar-refractivity contribution in [2.24, 2.45) is 0 Å². The van der Waals surface area contributed by atoms with Crippen molar-refractivity contribution in [1.82, 2.24) is 14.8 Å². The summed E-state index contributed by atoms with van der Waals surface area (Å²) in [6.45, 7) is 5.23. The van der Waals surface area contributed by atoms with Gasteiger partial charge in [-0.1, -0.05) is 66.4 Å². The monoisotopic (exact) mass is 337 g/mol. The standard InChI is InChI=1S/C20H23N3S/c1-3-23-19(14-13-17-10-5-4-6-11-17)21-22-20(23)24-15-18-12-8-7-9-16(18)2/h4-12H,3,13-15H2,1-2H3. The summed E-state index contributed by atoms with van der Waals surface area (Å²) in [4.78, 5) is 0. The van der Waals surface area contributed by atoms with E-state index in [-0.39, 0.29) is 0 Å². The zero-order valence-electron chi connectivity index (χ0n) is 14.3. The minimum absolute atomic E-state index is 0.910. The number of aromatic nitrogens is 3. The Morgan fingerprint density at radius 3 is 2.42 bits per heavy atom. The minimum Gasteiger partial charge on any atom is -0.306 e. The predicted molar refractivity (Wildman–Crippen MR) is 100 cm³/mol. The van der Waals surface area contributed by atoms with Gasteiger partial charge in [-0.2, -0.15) is 0 Å². The van der Waals surface area contributed by atoms with Gasteiger partial charge in [-0.05, 0) is 37.0 Å². The van der Waals surface area contributed by atoms with E-state index >= 15 is 0 Å². The predicted octanol–water partition coefficient (Wildman–Crippen LogP) is 4.68. The molecule has 0 saturated carbocycles. The molecule has 1 aromatic heterocycles. The summed E-state index contributed by atoms with van der Waals surface area (Å²) in [5, 5.41) is 9.87. The Morgan fingerprint density at radius 2 is 1.67 bits per heavy atom. The van der Waals surface area contributed by atoms with E-state index in [1.54, 1.807) is 11.8 Å². The molecular weight excluding hydrogens is 314 g/mol. The highest BCUT2D eigenvalue weighted by Crippen LogP contribution is 2.24. The van der Waals surface area contributed by atoms with E-state index in [9.17, 15) is 0 Å². The fourth-order valence-corrected chi connectivity index (χ4v) is 3.84. The normalized spacial score (nSPS) is 10.9. The van der Waals surface area contributed by atoms with Crippen LogP contribution in [0.15, 0.2) is 59.8 Å². The number of hydrogen-bond donors (Lipinski definition) is 0. The number of rotatable bonds is 7. The molecule has 0 aliphatic heterocycles. The van der Waals surface area contributed by atoms with Crippen LogP contribution in [0.5, 0.6) is 0 Å². The van der Waals surface area contributed by atoms with Crippen molar-refractivity contribution in [3.05, 3.63) is 77.1 Å². The Morgan fingerprint density at radius 1 is 0.917 bits per heavy atom. The maximum Gasteiger partial charge on any atom is 0.191 e. The second-order valence-corrected chi connectivity index (χ2v) is 6.79. The molecule has 0 saturated heterocycles. The Bertz CT molecular complexity index is 781. The molecular formula is C20H23N3S. The van der Waals surface area contributed by atoms with Gasteiger partial charge in [0.2, 0.25) is 0 Å². The first-order chi connectivity index (χ1) is 11.8. The van der Waals surface area contributed by atoms with Crippen LogP contribution >= 0.6 is 11.8 Å². The summed E-state index contributed by atoms with van der Waals surface area (Å²) < 4.78 is 2.24. The number of thioether (sulfide) groups is 1. The molecule has 0 aliphatic carbocycles. The molecule has 0 unspecified atom stereocenters. The van der Waals surface area contributed by atoms with Crippen molar-refractivity contribution in [1.29, 1.82) is 0 Å². The van der Waals surface area contributed by atoms with Gasteiger partial charge < -0.3 is 4.57 Å². The lowest BCUT2D eigenvalue weighted by atomic mass is 10.1. The molecule has 1 heterocycles. The highest BCUT2D eigenvalue weighted by atomic mass is 32.2. The third kappa shape index (κ3) is 4.06. The van der Waals surface area contributed by atoms with Gasteiger partial charge in [-0.15, -0.1) is 10.2 Å². The molecule has 0 bridgehead atoms. The van der Waals surface area contributed by atoms with Crippen molar-refractivity contribution < 1.29 is 0 Å². The summed E-state index contributed by atoms with van der Waals surface area (Å²) in [5.74, 6) is 2.01. The molecule has 3 nitrogen and oxygen atoms in total. The van der Waals surface area contributed by atoms with Crippen molar-refractivity contribution in [2.45, 2.75) is 44.1 Å². The van der Waals surface area contributed by atoms with Gasteiger partial charge in [0.1, 0.15) is 5.82 Å². The minimum atomic E-state index is 0.910. The third-order valence-electron chi connectivity index (χ3n) is 4.21. The Labute approximate surface area is 148 Å². The Kier molecular flexibility index (Phi) is 5.70. The van der Waals surface area contributed by atoms with Crippen LogP contribution in [0.2, 0.25) is 0 Å². The molecule has 0 N–H and O–H groups in total. The second kappa shape index (κ2) is 8.15. The van der Waals surface area contributed by atoms with Crippen LogP contribution in [-0.2, 0) is 25.1 Å². The summed E-state index contributed by atoms with van der Waals surface area (Å²) >= 11 is 1.77. The van der Waals surface area contributed by atoms with Crippen LogP contribution in [0.3, 0.4) is 0 Å². The lowest BCUT2D eigenvalue weighted by Crippen LogP contribution is -2.05. The van der Waals surface area contributed by atoms with Crippen molar-refractivity contribution in [2.75, 3.05) is 0 Å². The van der Waals surface area contributed by atoms with E-state index in [1.165, 1.54) is 16.7 Å². The quantitative estimate of drug-likeness (QED) is 0.586. The smallest absolute Gasteiger partial charge is 0.191 e. The fraction of sp³-hybridized carbons (Fsp3) is 0.300. The number of benzene rings is 2. The molecule has 0 amide bonds. The lowest BCUT2D eigenvalue weighted by Gasteiger charge is -2.08. The molecule has 2 aromatic carbocycles. The van der Waals surface area contributed by atoms with E-state index in [2.05, 4.69) is 83.2 Å². The van der Waals surface area contributed by atoms with Crippen molar-refractivity contribution >= 4 is 11.8 Å². The number of hydrogen-bond acceptors (Lipinski definition) is 3.